The molecule has 1 aliphatic rings. The van der Waals surface area contributed by atoms with Crippen molar-refractivity contribution in [2.45, 2.75) is 76.4 Å². The Bertz CT molecular complexity index is 1790. The number of hydrogen-bond acceptors (Lipinski definition) is 5. The number of nitrogens with zero attached hydrogens (tertiary/aromatic N) is 2. The van der Waals surface area contributed by atoms with E-state index in [1.165, 1.54) is 0 Å². The molecule has 4 aromatic carbocycles. The van der Waals surface area contributed by atoms with Gasteiger partial charge in [0.05, 0.1) is 17.2 Å². The van der Waals surface area contributed by atoms with Gasteiger partial charge in [-0.3, -0.25) is 13.9 Å². The lowest BCUT2D eigenvalue weighted by molar-refractivity contribution is -0.140. The van der Waals surface area contributed by atoms with E-state index >= 15 is 0 Å². The van der Waals surface area contributed by atoms with Crippen LogP contribution in [0.15, 0.2) is 108 Å². The first-order valence-corrected chi connectivity index (χ1v) is 18.1. The minimum atomic E-state index is -4.24. The first-order chi connectivity index (χ1) is 23.2. The molecule has 1 saturated carbocycles. The van der Waals surface area contributed by atoms with Gasteiger partial charge in [0.1, 0.15) is 18.3 Å². The molecule has 0 spiro atoms. The summed E-state index contributed by atoms with van der Waals surface area (Å²) in [6.45, 7) is 5.58. The second kappa shape index (κ2) is 16.0. The molecule has 1 aliphatic carbocycles. The van der Waals surface area contributed by atoms with Gasteiger partial charge in [-0.25, -0.2) is 8.42 Å². The van der Waals surface area contributed by atoms with Gasteiger partial charge in [-0.15, -0.1) is 0 Å². The number of sulfonamides is 1. The summed E-state index contributed by atoms with van der Waals surface area (Å²) in [5, 5.41) is 3.22. The number of carbonyl (C=O) groups is 2. The van der Waals surface area contributed by atoms with Gasteiger partial charge in [-0.05, 0) is 74.6 Å². The van der Waals surface area contributed by atoms with Crippen molar-refractivity contribution >= 4 is 27.5 Å². The van der Waals surface area contributed by atoms with Crippen LogP contribution in [0.1, 0.15) is 54.9 Å². The van der Waals surface area contributed by atoms with E-state index in [9.17, 15) is 18.0 Å². The Kier molecular flexibility index (Phi) is 11.5. The Hall–Kier alpha value is -4.63. The van der Waals surface area contributed by atoms with Crippen molar-refractivity contribution < 1.29 is 22.7 Å². The van der Waals surface area contributed by atoms with Crippen LogP contribution in [0.4, 0.5) is 5.69 Å². The Balaban J connectivity index is 1.60. The Morgan fingerprint density at radius 1 is 0.854 bits per heavy atom. The van der Waals surface area contributed by atoms with E-state index < -0.39 is 28.5 Å². The summed E-state index contributed by atoms with van der Waals surface area (Å²) < 4.78 is 35.8. The second-order valence-electron chi connectivity index (χ2n) is 12.4. The summed E-state index contributed by atoms with van der Waals surface area (Å²) in [7, 11) is -4.24. The largest absolute Gasteiger partial charge is 0.492 e. The van der Waals surface area contributed by atoms with Crippen LogP contribution in [0.3, 0.4) is 0 Å². The zero-order valence-electron chi connectivity index (χ0n) is 28.0. The fourth-order valence-electron chi connectivity index (χ4n) is 6.18. The van der Waals surface area contributed by atoms with Gasteiger partial charge < -0.3 is 15.0 Å². The minimum Gasteiger partial charge on any atom is -0.492 e. The average molecular weight is 668 g/mol. The standard InChI is InChI=1S/C39H45N3O5S/c1-4-47-37-21-13-12-20-35(37)42(48(45,46)34-24-22-29(2)23-25-34)28-38(43)41(27-32-17-9-8-14-30(32)3)36(26-31-15-6-5-7-16-31)39(44)40-33-18-10-11-19-33/h5-9,12-17,20-25,33,36H,4,10-11,18-19,26-28H2,1-3H3,(H,40,44)/t36-/m1/s1. The predicted molar refractivity (Wildman–Crippen MR) is 189 cm³/mol. The highest BCUT2D eigenvalue weighted by molar-refractivity contribution is 7.92. The van der Waals surface area contributed by atoms with E-state index in [2.05, 4.69) is 5.32 Å². The van der Waals surface area contributed by atoms with Crippen LogP contribution in [0.5, 0.6) is 5.75 Å². The molecule has 48 heavy (non-hydrogen) atoms. The molecule has 0 aromatic heterocycles. The fraction of sp³-hybridized carbons (Fsp3) is 0.333. The van der Waals surface area contributed by atoms with E-state index in [4.69, 9.17) is 4.74 Å². The molecule has 8 nitrogen and oxygen atoms in total. The van der Waals surface area contributed by atoms with E-state index in [0.717, 1.165) is 52.2 Å². The molecule has 0 radical (unpaired) electrons. The molecule has 5 rings (SSSR count). The quantitative estimate of drug-likeness (QED) is 0.164. The monoisotopic (exact) mass is 667 g/mol. The molecule has 0 unspecified atom stereocenters. The van der Waals surface area contributed by atoms with Gasteiger partial charge >= 0.3 is 0 Å². The van der Waals surface area contributed by atoms with Crippen LogP contribution in [0, 0.1) is 13.8 Å². The van der Waals surface area contributed by atoms with Crippen molar-refractivity contribution in [3.8, 4) is 5.75 Å². The molecule has 0 aliphatic heterocycles. The lowest BCUT2D eigenvalue weighted by Gasteiger charge is -2.35. The van der Waals surface area contributed by atoms with Crippen molar-refractivity contribution in [3.63, 3.8) is 0 Å². The van der Waals surface area contributed by atoms with Crippen molar-refractivity contribution in [1.29, 1.82) is 0 Å². The number of rotatable bonds is 14. The summed E-state index contributed by atoms with van der Waals surface area (Å²) in [6, 6.07) is 29.9. The van der Waals surface area contributed by atoms with Gasteiger partial charge in [0, 0.05) is 19.0 Å². The van der Waals surface area contributed by atoms with Crippen LogP contribution in [-0.4, -0.2) is 50.4 Å². The fourth-order valence-corrected chi connectivity index (χ4v) is 7.61. The van der Waals surface area contributed by atoms with Crippen molar-refractivity contribution in [2.24, 2.45) is 0 Å². The lowest BCUT2D eigenvalue weighted by atomic mass is 10.0. The average Bonchev–Trinajstić information content (AvgIpc) is 3.60. The van der Waals surface area contributed by atoms with Crippen molar-refractivity contribution in [3.05, 3.63) is 125 Å². The van der Waals surface area contributed by atoms with Gasteiger partial charge in [0.15, 0.2) is 0 Å². The smallest absolute Gasteiger partial charge is 0.264 e. The zero-order valence-corrected chi connectivity index (χ0v) is 28.8. The van der Waals surface area contributed by atoms with Gasteiger partial charge in [-0.1, -0.05) is 97.3 Å². The molecular formula is C39H45N3O5S. The molecule has 2 amide bonds. The van der Waals surface area contributed by atoms with Crippen LogP contribution in [0.2, 0.25) is 0 Å². The topological polar surface area (TPSA) is 96.0 Å². The number of nitrogens with one attached hydrogen (secondary N) is 1. The number of carbonyl (C=O) groups excluding carboxylic acids is 2. The summed E-state index contributed by atoms with van der Waals surface area (Å²) in [6.07, 6.45) is 4.16. The Morgan fingerprint density at radius 2 is 1.50 bits per heavy atom. The molecule has 0 heterocycles. The van der Waals surface area contributed by atoms with Crippen molar-refractivity contribution in [2.75, 3.05) is 17.5 Å². The van der Waals surface area contributed by atoms with Crippen molar-refractivity contribution in [1.82, 2.24) is 10.2 Å². The number of ether oxygens (including phenoxy) is 1. The lowest BCUT2D eigenvalue weighted by Crippen LogP contribution is -2.54. The van der Waals surface area contributed by atoms with Crippen LogP contribution < -0.4 is 14.4 Å². The maximum absolute atomic E-state index is 14.8. The molecule has 0 saturated heterocycles. The van der Waals surface area contributed by atoms with E-state index in [1.807, 2.05) is 75.4 Å². The molecule has 1 atom stereocenters. The molecule has 0 bridgehead atoms. The molecular weight excluding hydrogens is 623 g/mol. The SMILES string of the molecule is CCOc1ccccc1N(CC(=O)N(Cc1ccccc1C)[C@H](Cc1ccccc1)C(=O)NC1CCCC1)S(=O)(=O)c1ccc(C)cc1. The first kappa shape index (κ1) is 34.7. The van der Waals surface area contributed by atoms with Gasteiger partial charge in [0.25, 0.3) is 10.0 Å². The minimum absolute atomic E-state index is 0.0441. The maximum atomic E-state index is 14.8. The Morgan fingerprint density at radius 3 is 2.19 bits per heavy atom. The van der Waals surface area contributed by atoms with E-state index in [-0.39, 0.29) is 35.5 Å². The normalized spacial score (nSPS) is 13.9. The maximum Gasteiger partial charge on any atom is 0.264 e. The van der Waals surface area contributed by atoms with Crippen LogP contribution >= 0.6 is 0 Å². The summed E-state index contributed by atoms with van der Waals surface area (Å²) in [4.78, 5) is 30.6. The highest BCUT2D eigenvalue weighted by atomic mass is 32.2. The first-order valence-electron chi connectivity index (χ1n) is 16.7. The second-order valence-corrected chi connectivity index (χ2v) is 14.2. The third-order valence-electron chi connectivity index (χ3n) is 8.90. The molecule has 252 valence electrons. The summed E-state index contributed by atoms with van der Waals surface area (Å²) in [5.74, 6) is -0.396. The number of amides is 2. The molecule has 9 heteroatoms. The highest BCUT2D eigenvalue weighted by Crippen LogP contribution is 2.33. The molecule has 1 N–H and O–H groups in total. The summed E-state index contributed by atoms with van der Waals surface area (Å²) >= 11 is 0. The third kappa shape index (κ3) is 8.44. The molecule has 4 aromatic rings. The van der Waals surface area contributed by atoms with Crippen LogP contribution in [-0.2, 0) is 32.6 Å². The molecule has 1 fully saturated rings. The highest BCUT2D eigenvalue weighted by Gasteiger charge is 2.36. The van der Waals surface area contributed by atoms with Gasteiger partial charge in [-0.2, -0.15) is 0 Å². The van der Waals surface area contributed by atoms with E-state index in [1.54, 1.807) is 53.4 Å². The third-order valence-corrected chi connectivity index (χ3v) is 10.7. The predicted octanol–water partition coefficient (Wildman–Crippen LogP) is 6.60. The Labute approximate surface area is 284 Å². The van der Waals surface area contributed by atoms with Gasteiger partial charge in [0.2, 0.25) is 11.8 Å². The zero-order chi connectivity index (χ0) is 34.1. The van der Waals surface area contributed by atoms with E-state index in [0.29, 0.717) is 12.4 Å². The number of hydrogen-bond donors (Lipinski definition) is 1. The number of aryl methyl sites for hydroxylation is 2. The summed E-state index contributed by atoms with van der Waals surface area (Å²) in [5.41, 5.74) is 3.90. The number of para-hydroxylation sites is 2. The van der Waals surface area contributed by atoms with Crippen LogP contribution in [0.25, 0.3) is 0 Å². The number of benzene rings is 4. The number of anilines is 1.